The summed E-state index contributed by atoms with van der Waals surface area (Å²) in [4.78, 5) is 33.5. The molecule has 0 fully saturated rings. The van der Waals surface area contributed by atoms with E-state index in [0.29, 0.717) is 34.9 Å². The Balaban J connectivity index is 1.30. The van der Waals surface area contributed by atoms with Crippen LogP contribution in [0.15, 0.2) is 70.1 Å². The Hall–Kier alpha value is -4.73. The van der Waals surface area contributed by atoms with Gasteiger partial charge in [-0.05, 0) is 37.1 Å². The standard InChI is InChI=1S/C26H23N3O7/c30-16-5-7-18-20(14-16)35-21-15-17(31)6-8-19(21)25(18)26-27-11-13-28(26)12-3-1-2-4-24(34)36-29-22(32)9-10-23(29)33/h5-11,13-15,30,32-33H,1-4,12H2. The van der Waals surface area contributed by atoms with E-state index < -0.39 is 5.97 Å². The lowest BCUT2D eigenvalue weighted by atomic mass is 9.98. The normalized spacial score (nSPS) is 11.3. The van der Waals surface area contributed by atoms with Crippen molar-refractivity contribution in [2.75, 3.05) is 0 Å². The van der Waals surface area contributed by atoms with Crippen molar-refractivity contribution in [2.24, 2.45) is 0 Å². The molecule has 1 aliphatic heterocycles. The highest BCUT2D eigenvalue weighted by Gasteiger charge is 2.21. The number of unbranched alkanes of at least 4 members (excludes halogenated alkanes) is 2. The van der Waals surface area contributed by atoms with Gasteiger partial charge in [0.2, 0.25) is 11.8 Å². The largest absolute Gasteiger partial charge is 0.508 e. The molecule has 0 amide bonds. The van der Waals surface area contributed by atoms with Gasteiger partial charge < -0.3 is 29.1 Å². The van der Waals surface area contributed by atoms with Gasteiger partial charge >= 0.3 is 5.97 Å². The van der Waals surface area contributed by atoms with Crippen LogP contribution >= 0.6 is 0 Å². The third-order valence-corrected chi connectivity index (χ3v) is 5.89. The third-order valence-electron chi connectivity index (χ3n) is 5.89. The number of hydrogen-bond acceptors (Lipinski definition) is 8. The van der Waals surface area contributed by atoms with Crippen molar-refractivity contribution >= 4 is 16.9 Å². The molecule has 1 aromatic carbocycles. The van der Waals surface area contributed by atoms with Crippen molar-refractivity contribution in [3.63, 3.8) is 0 Å². The van der Waals surface area contributed by atoms with Gasteiger partial charge in [-0.3, -0.25) is 4.79 Å². The Morgan fingerprint density at radius 1 is 0.972 bits per heavy atom. The fraction of sp³-hybridized carbons (Fsp3) is 0.192. The minimum absolute atomic E-state index is 0.0545. The van der Waals surface area contributed by atoms with Crippen molar-refractivity contribution in [3.05, 3.63) is 71.1 Å². The molecule has 1 aliphatic carbocycles. The van der Waals surface area contributed by atoms with Crippen LogP contribution in [0, 0.1) is 0 Å². The van der Waals surface area contributed by atoms with E-state index >= 15 is 0 Å². The van der Waals surface area contributed by atoms with Crippen LogP contribution in [0.2, 0.25) is 0 Å². The third kappa shape index (κ3) is 4.48. The Labute approximate surface area is 204 Å². The predicted octanol–water partition coefficient (Wildman–Crippen LogP) is 3.90. The molecule has 10 nitrogen and oxygen atoms in total. The Morgan fingerprint density at radius 2 is 1.78 bits per heavy atom. The van der Waals surface area contributed by atoms with Crippen molar-refractivity contribution in [1.82, 2.24) is 14.3 Å². The van der Waals surface area contributed by atoms with E-state index in [-0.39, 0.29) is 29.4 Å². The first kappa shape index (κ1) is 23.0. The highest BCUT2D eigenvalue weighted by molar-refractivity contribution is 6.00. The second kappa shape index (κ2) is 9.49. The Bertz CT molecular complexity index is 1560. The van der Waals surface area contributed by atoms with E-state index in [1.807, 2.05) is 10.8 Å². The summed E-state index contributed by atoms with van der Waals surface area (Å²) < 4.78 is 8.58. The van der Waals surface area contributed by atoms with Crippen LogP contribution < -0.4 is 10.3 Å². The zero-order chi connectivity index (χ0) is 25.2. The number of aromatic nitrogens is 3. The number of aryl methyl sites for hydroxylation is 1. The number of nitrogens with zero attached hydrogens (tertiary/aromatic N) is 3. The first-order chi connectivity index (χ1) is 17.4. The number of carbonyl (C=O) groups is 1. The van der Waals surface area contributed by atoms with Crippen LogP contribution in [0.1, 0.15) is 25.7 Å². The molecule has 0 atom stereocenters. The summed E-state index contributed by atoms with van der Waals surface area (Å²) >= 11 is 0. The van der Waals surface area contributed by atoms with E-state index in [1.54, 1.807) is 24.4 Å². The summed E-state index contributed by atoms with van der Waals surface area (Å²) in [6, 6.07) is 11.9. The fourth-order valence-corrected chi connectivity index (χ4v) is 4.19. The molecule has 2 aromatic heterocycles. The summed E-state index contributed by atoms with van der Waals surface area (Å²) in [7, 11) is 0. The summed E-state index contributed by atoms with van der Waals surface area (Å²) in [6.45, 7) is 0.635. The number of imidazole rings is 1. The molecule has 3 heterocycles. The van der Waals surface area contributed by atoms with Gasteiger partial charge in [0, 0.05) is 66.1 Å². The van der Waals surface area contributed by atoms with Gasteiger partial charge in [0.15, 0.2) is 5.43 Å². The average Bonchev–Trinajstić information content (AvgIpc) is 3.43. The lowest BCUT2D eigenvalue weighted by Gasteiger charge is -2.16. The van der Waals surface area contributed by atoms with Crippen LogP contribution in [0.5, 0.6) is 17.5 Å². The van der Waals surface area contributed by atoms with Crippen LogP contribution in [0.4, 0.5) is 0 Å². The van der Waals surface area contributed by atoms with E-state index in [0.717, 1.165) is 29.4 Å². The number of aromatic hydroxyl groups is 3. The minimum Gasteiger partial charge on any atom is -0.508 e. The topological polar surface area (TPSA) is 140 Å². The summed E-state index contributed by atoms with van der Waals surface area (Å²) in [5, 5.41) is 29.8. The van der Waals surface area contributed by atoms with Gasteiger partial charge in [-0.2, -0.15) is 0 Å². The number of fused-ring (bicyclic) bond motifs is 2. The maximum Gasteiger partial charge on any atom is 0.333 e. The second-order valence-electron chi connectivity index (χ2n) is 8.38. The van der Waals surface area contributed by atoms with Crippen LogP contribution in [0.3, 0.4) is 0 Å². The van der Waals surface area contributed by atoms with Gasteiger partial charge in [0.1, 0.15) is 22.9 Å². The molecule has 184 valence electrons. The lowest BCUT2D eigenvalue weighted by molar-refractivity contribution is -0.145. The molecule has 5 rings (SSSR count). The Kier molecular flexibility index (Phi) is 6.07. The van der Waals surface area contributed by atoms with Crippen molar-refractivity contribution in [1.29, 1.82) is 0 Å². The molecule has 10 heteroatoms. The van der Waals surface area contributed by atoms with Gasteiger partial charge in [-0.25, -0.2) is 9.78 Å². The van der Waals surface area contributed by atoms with E-state index in [1.165, 1.54) is 30.3 Å². The second-order valence-corrected chi connectivity index (χ2v) is 8.38. The monoisotopic (exact) mass is 489 g/mol. The van der Waals surface area contributed by atoms with Crippen LogP contribution in [0.25, 0.3) is 33.7 Å². The SMILES string of the molecule is O=C(CCCCCn1ccnc1-c1c2ccc(=O)cc-2oc2cc(O)ccc12)On1c(O)ccc1O. The first-order valence-electron chi connectivity index (χ1n) is 11.4. The highest BCUT2D eigenvalue weighted by atomic mass is 16.7. The number of benzene rings is 2. The molecule has 36 heavy (non-hydrogen) atoms. The fourth-order valence-electron chi connectivity index (χ4n) is 4.19. The molecule has 0 bridgehead atoms. The number of phenols is 1. The van der Waals surface area contributed by atoms with Crippen molar-refractivity contribution in [3.8, 4) is 40.2 Å². The van der Waals surface area contributed by atoms with Crippen molar-refractivity contribution < 1.29 is 29.4 Å². The van der Waals surface area contributed by atoms with E-state index in [4.69, 9.17) is 9.25 Å². The summed E-state index contributed by atoms with van der Waals surface area (Å²) in [5.74, 6) is -0.120. The summed E-state index contributed by atoms with van der Waals surface area (Å²) in [6.07, 6.45) is 5.75. The molecule has 0 spiro atoms. The van der Waals surface area contributed by atoms with Gasteiger partial charge in [-0.15, -0.1) is 4.73 Å². The highest BCUT2D eigenvalue weighted by Crippen LogP contribution is 2.40. The smallest absolute Gasteiger partial charge is 0.333 e. The minimum atomic E-state index is -0.563. The quantitative estimate of drug-likeness (QED) is 0.220. The molecular weight excluding hydrogens is 466 g/mol. The Morgan fingerprint density at radius 3 is 2.58 bits per heavy atom. The molecule has 3 aromatic rings. The summed E-state index contributed by atoms with van der Waals surface area (Å²) in [5.41, 5.74) is 1.79. The molecular formula is C26H23N3O7. The van der Waals surface area contributed by atoms with E-state index in [2.05, 4.69) is 4.98 Å². The number of hydrogen-bond donors (Lipinski definition) is 3. The van der Waals surface area contributed by atoms with Gasteiger partial charge in [0.25, 0.3) is 0 Å². The van der Waals surface area contributed by atoms with Gasteiger partial charge in [-0.1, -0.05) is 6.42 Å². The molecule has 0 saturated heterocycles. The number of carbonyl (C=O) groups excluding carboxylic acids is 1. The van der Waals surface area contributed by atoms with E-state index in [9.17, 15) is 24.9 Å². The maximum absolute atomic E-state index is 12.0. The van der Waals surface area contributed by atoms with Crippen molar-refractivity contribution in [2.45, 2.75) is 32.2 Å². The first-order valence-corrected chi connectivity index (χ1v) is 11.4. The molecule has 0 radical (unpaired) electrons. The maximum atomic E-state index is 12.0. The zero-order valence-electron chi connectivity index (χ0n) is 19.1. The van der Waals surface area contributed by atoms with Crippen LogP contribution in [-0.2, 0) is 11.3 Å². The van der Waals surface area contributed by atoms with Gasteiger partial charge in [0.05, 0.1) is 0 Å². The molecule has 3 N–H and O–H groups in total. The predicted molar refractivity (Wildman–Crippen MR) is 130 cm³/mol. The lowest BCUT2D eigenvalue weighted by Crippen LogP contribution is -2.18. The number of phenolic OH excluding ortho intramolecular Hbond substituents is 1. The molecule has 0 saturated carbocycles. The van der Waals surface area contributed by atoms with Crippen LogP contribution in [-0.4, -0.2) is 35.6 Å². The molecule has 0 unspecified atom stereocenters. The average molecular weight is 489 g/mol. The number of rotatable bonds is 8. The molecule has 2 aliphatic rings. The zero-order valence-corrected chi connectivity index (χ0v) is 19.1.